The van der Waals surface area contributed by atoms with Crippen molar-refractivity contribution >= 4 is 17.2 Å². The van der Waals surface area contributed by atoms with Gasteiger partial charge in [-0.3, -0.25) is 0 Å². The number of hydrogen-bond donors (Lipinski definition) is 1. The molecule has 0 aliphatic carbocycles. The number of hydrogen-bond acceptors (Lipinski definition) is 3. The summed E-state index contributed by atoms with van der Waals surface area (Å²) >= 11 is 1.72. The molecule has 0 amide bonds. The van der Waals surface area contributed by atoms with Crippen LogP contribution in [0.25, 0.3) is 10.6 Å². The molecule has 0 saturated heterocycles. The molecule has 3 rings (SSSR count). The molecular weight excluding hydrogens is 218 g/mol. The van der Waals surface area contributed by atoms with Crippen LogP contribution in [0.3, 0.4) is 0 Å². The van der Waals surface area contributed by atoms with Crippen molar-refractivity contribution in [2.75, 3.05) is 5.32 Å². The number of allylic oxidation sites excluding steroid dienone is 2. The van der Waals surface area contributed by atoms with Gasteiger partial charge in [0.2, 0.25) is 0 Å². The minimum atomic E-state index is 0.324. The summed E-state index contributed by atoms with van der Waals surface area (Å²) in [6.45, 7) is 4.23. The molecule has 1 atom stereocenters. The average Bonchev–Trinajstić information content (AvgIpc) is 2.82. The highest BCUT2D eigenvalue weighted by Gasteiger charge is 2.17. The van der Waals surface area contributed by atoms with Crippen LogP contribution in [0.4, 0.5) is 5.82 Å². The van der Waals surface area contributed by atoms with Gasteiger partial charge in [0.15, 0.2) is 0 Å². The molecule has 2 aromatic heterocycles. The van der Waals surface area contributed by atoms with Gasteiger partial charge in [-0.25, -0.2) is 4.68 Å². The van der Waals surface area contributed by atoms with E-state index in [0.29, 0.717) is 6.04 Å². The quantitative estimate of drug-likeness (QED) is 0.814. The third-order valence-electron chi connectivity index (χ3n) is 2.71. The van der Waals surface area contributed by atoms with Crippen LogP contribution in [-0.4, -0.2) is 9.78 Å². The van der Waals surface area contributed by atoms with Gasteiger partial charge in [-0.1, -0.05) is 6.07 Å². The largest absolute Gasteiger partial charge is 0.344 e. The zero-order valence-corrected chi connectivity index (χ0v) is 10.1. The predicted octanol–water partition coefficient (Wildman–Crippen LogP) is 3.50. The fraction of sp³-hybridized carbons (Fsp3) is 0.250. The molecular formula is C12H13N3S. The first-order valence-corrected chi connectivity index (χ1v) is 6.21. The number of aromatic nitrogens is 2. The lowest BCUT2D eigenvalue weighted by Gasteiger charge is -2.19. The molecule has 0 radical (unpaired) electrons. The second kappa shape index (κ2) is 3.49. The summed E-state index contributed by atoms with van der Waals surface area (Å²) in [6.07, 6.45) is 2.18. The third-order valence-corrected chi connectivity index (χ3v) is 3.60. The van der Waals surface area contributed by atoms with Crippen LogP contribution in [0.2, 0.25) is 0 Å². The Hall–Kier alpha value is -1.55. The summed E-state index contributed by atoms with van der Waals surface area (Å²) in [7, 11) is 0. The van der Waals surface area contributed by atoms with Gasteiger partial charge in [-0.05, 0) is 31.4 Å². The van der Waals surface area contributed by atoms with Gasteiger partial charge >= 0.3 is 0 Å². The number of fused-ring (bicyclic) bond motifs is 1. The van der Waals surface area contributed by atoms with E-state index in [2.05, 4.69) is 53.9 Å². The molecule has 1 aliphatic rings. The van der Waals surface area contributed by atoms with Gasteiger partial charge in [0.1, 0.15) is 11.5 Å². The SMILES string of the molecule is CC1=C[C@@H](C)n2nc(-c3cccs3)cc2N1. The summed E-state index contributed by atoms with van der Waals surface area (Å²) in [5.41, 5.74) is 2.24. The fourth-order valence-corrected chi connectivity index (χ4v) is 2.70. The first-order chi connectivity index (χ1) is 7.74. The highest BCUT2D eigenvalue weighted by Crippen LogP contribution is 2.30. The molecule has 0 fully saturated rings. The van der Waals surface area contributed by atoms with E-state index in [0.717, 1.165) is 11.5 Å². The standard InChI is InChI=1S/C12H13N3S/c1-8-6-9(2)15-12(13-8)7-10(14-15)11-4-3-5-16-11/h3-7,9,13H,1-2H3/t9-/m1/s1. The van der Waals surface area contributed by atoms with Crippen molar-refractivity contribution in [2.45, 2.75) is 19.9 Å². The molecule has 0 spiro atoms. The Kier molecular flexibility index (Phi) is 2.11. The van der Waals surface area contributed by atoms with Crippen LogP contribution in [0.1, 0.15) is 19.9 Å². The Morgan fingerprint density at radius 3 is 3.12 bits per heavy atom. The second-order valence-corrected chi connectivity index (χ2v) is 5.00. The highest BCUT2D eigenvalue weighted by atomic mass is 32.1. The van der Waals surface area contributed by atoms with Gasteiger partial charge in [-0.15, -0.1) is 11.3 Å². The van der Waals surface area contributed by atoms with Gasteiger partial charge in [0, 0.05) is 11.8 Å². The van der Waals surface area contributed by atoms with E-state index in [1.54, 1.807) is 11.3 Å². The van der Waals surface area contributed by atoms with E-state index in [4.69, 9.17) is 0 Å². The zero-order valence-electron chi connectivity index (χ0n) is 9.27. The molecule has 0 saturated carbocycles. The maximum absolute atomic E-state index is 4.63. The molecule has 1 N–H and O–H groups in total. The van der Waals surface area contributed by atoms with Crippen LogP contribution in [0, 0.1) is 0 Å². The number of anilines is 1. The lowest BCUT2D eigenvalue weighted by atomic mass is 10.2. The minimum Gasteiger partial charge on any atom is -0.344 e. The predicted molar refractivity (Wildman–Crippen MR) is 67.6 cm³/mol. The first kappa shape index (κ1) is 9.66. The summed E-state index contributed by atoms with van der Waals surface area (Å²) in [5.74, 6) is 1.08. The summed E-state index contributed by atoms with van der Waals surface area (Å²) in [5, 5.41) is 10.0. The van der Waals surface area contributed by atoms with Crippen molar-refractivity contribution in [3.63, 3.8) is 0 Å². The Balaban J connectivity index is 2.06. The zero-order chi connectivity index (χ0) is 11.1. The molecule has 16 heavy (non-hydrogen) atoms. The maximum Gasteiger partial charge on any atom is 0.129 e. The van der Waals surface area contributed by atoms with Crippen molar-refractivity contribution in [1.29, 1.82) is 0 Å². The van der Waals surface area contributed by atoms with Crippen molar-refractivity contribution in [2.24, 2.45) is 0 Å². The van der Waals surface area contributed by atoms with E-state index in [-0.39, 0.29) is 0 Å². The smallest absolute Gasteiger partial charge is 0.129 e. The second-order valence-electron chi connectivity index (χ2n) is 4.05. The number of nitrogens with zero attached hydrogens (tertiary/aromatic N) is 2. The molecule has 2 aromatic rings. The fourth-order valence-electron chi connectivity index (χ4n) is 2.02. The summed E-state index contributed by atoms with van der Waals surface area (Å²) in [6, 6.07) is 6.59. The first-order valence-electron chi connectivity index (χ1n) is 5.33. The van der Waals surface area contributed by atoms with Crippen molar-refractivity contribution < 1.29 is 0 Å². The van der Waals surface area contributed by atoms with Gasteiger partial charge < -0.3 is 5.32 Å². The van der Waals surface area contributed by atoms with Crippen LogP contribution in [0.15, 0.2) is 35.4 Å². The number of nitrogens with one attached hydrogen (secondary N) is 1. The third kappa shape index (κ3) is 1.46. The number of thiophene rings is 1. The summed E-state index contributed by atoms with van der Waals surface area (Å²) < 4.78 is 2.03. The summed E-state index contributed by atoms with van der Waals surface area (Å²) in [4.78, 5) is 1.22. The normalized spacial score (nSPS) is 18.9. The Morgan fingerprint density at radius 2 is 2.38 bits per heavy atom. The van der Waals surface area contributed by atoms with Gasteiger partial charge in [0.05, 0.1) is 10.9 Å². The van der Waals surface area contributed by atoms with E-state index >= 15 is 0 Å². The van der Waals surface area contributed by atoms with E-state index in [1.807, 2.05) is 4.68 Å². The molecule has 3 nitrogen and oxygen atoms in total. The lowest BCUT2D eigenvalue weighted by Crippen LogP contribution is -2.15. The Labute approximate surface area is 98.4 Å². The molecule has 3 heterocycles. The molecule has 1 aliphatic heterocycles. The highest BCUT2D eigenvalue weighted by molar-refractivity contribution is 7.13. The van der Waals surface area contributed by atoms with Crippen LogP contribution in [-0.2, 0) is 0 Å². The maximum atomic E-state index is 4.63. The van der Waals surface area contributed by atoms with E-state index in [1.165, 1.54) is 10.6 Å². The monoisotopic (exact) mass is 231 g/mol. The van der Waals surface area contributed by atoms with Crippen LogP contribution < -0.4 is 5.32 Å². The topological polar surface area (TPSA) is 29.9 Å². The molecule has 0 unspecified atom stereocenters. The van der Waals surface area contributed by atoms with Crippen LogP contribution in [0.5, 0.6) is 0 Å². The Morgan fingerprint density at radius 1 is 1.50 bits per heavy atom. The van der Waals surface area contributed by atoms with Crippen LogP contribution >= 0.6 is 11.3 Å². The molecule has 0 aromatic carbocycles. The van der Waals surface area contributed by atoms with Gasteiger partial charge in [-0.2, -0.15) is 5.10 Å². The molecule has 82 valence electrons. The van der Waals surface area contributed by atoms with Crippen molar-refractivity contribution in [3.8, 4) is 10.6 Å². The van der Waals surface area contributed by atoms with Crippen molar-refractivity contribution in [1.82, 2.24) is 9.78 Å². The van der Waals surface area contributed by atoms with E-state index < -0.39 is 0 Å². The van der Waals surface area contributed by atoms with Crippen molar-refractivity contribution in [3.05, 3.63) is 35.4 Å². The lowest BCUT2D eigenvalue weighted by molar-refractivity contribution is 0.576. The molecule has 4 heteroatoms. The average molecular weight is 231 g/mol. The van der Waals surface area contributed by atoms with E-state index in [9.17, 15) is 0 Å². The Bertz CT molecular complexity index is 537. The minimum absolute atomic E-state index is 0.324. The molecule has 0 bridgehead atoms. The number of rotatable bonds is 1. The van der Waals surface area contributed by atoms with Gasteiger partial charge in [0.25, 0.3) is 0 Å².